The lowest BCUT2D eigenvalue weighted by atomic mass is 10.2. The van der Waals surface area contributed by atoms with Gasteiger partial charge in [0.15, 0.2) is 0 Å². The average molecular weight is 237 g/mol. The number of aromatic nitrogens is 2. The highest BCUT2D eigenvalue weighted by atomic mass is 32.1. The molecular formula is C10H8FN3OS. The van der Waals surface area contributed by atoms with Crippen LogP contribution in [0.25, 0.3) is 11.4 Å². The summed E-state index contributed by atoms with van der Waals surface area (Å²) >= 11 is 4.72. The number of benzene rings is 1. The minimum Gasteiger partial charge on any atom is -0.393 e. The maximum absolute atomic E-state index is 12.7. The van der Waals surface area contributed by atoms with Crippen LogP contribution in [0, 0.1) is 5.82 Å². The third-order valence-electron chi connectivity index (χ3n) is 1.90. The lowest BCUT2D eigenvalue weighted by Gasteiger charge is -1.92. The minimum absolute atomic E-state index is 0.267. The molecule has 0 amide bonds. The van der Waals surface area contributed by atoms with Crippen LogP contribution in [-0.4, -0.2) is 15.1 Å². The number of thiocarbonyl (C=S) groups is 1. The first-order valence-corrected chi connectivity index (χ1v) is 4.93. The Kier molecular flexibility index (Phi) is 2.91. The Morgan fingerprint density at radius 1 is 1.38 bits per heavy atom. The normalized spacial score (nSPS) is 10.3. The molecule has 0 radical (unpaired) electrons. The molecule has 2 rings (SSSR count). The summed E-state index contributed by atoms with van der Waals surface area (Å²) in [6.07, 6.45) is 0.267. The van der Waals surface area contributed by atoms with E-state index in [0.29, 0.717) is 17.3 Å². The highest BCUT2D eigenvalue weighted by Crippen LogP contribution is 2.16. The van der Waals surface area contributed by atoms with Gasteiger partial charge in [-0.25, -0.2) is 4.39 Å². The SMILES string of the molecule is NC(=S)Cc1nc(-c2ccc(F)cc2)no1. The quantitative estimate of drug-likeness (QED) is 0.823. The molecule has 0 spiro atoms. The van der Waals surface area contributed by atoms with Crippen molar-refractivity contribution in [3.05, 3.63) is 36.0 Å². The van der Waals surface area contributed by atoms with E-state index in [0.717, 1.165) is 0 Å². The van der Waals surface area contributed by atoms with Gasteiger partial charge >= 0.3 is 0 Å². The highest BCUT2D eigenvalue weighted by molar-refractivity contribution is 7.80. The van der Waals surface area contributed by atoms with Crippen LogP contribution < -0.4 is 5.73 Å². The predicted octanol–water partition coefficient (Wildman–Crippen LogP) is 1.70. The predicted molar refractivity (Wildman–Crippen MR) is 60.2 cm³/mol. The van der Waals surface area contributed by atoms with E-state index in [2.05, 4.69) is 10.1 Å². The molecule has 0 saturated carbocycles. The minimum atomic E-state index is -0.310. The number of nitrogens with zero attached hydrogens (tertiary/aromatic N) is 2. The zero-order valence-electron chi connectivity index (χ0n) is 8.18. The second-order valence-electron chi connectivity index (χ2n) is 3.16. The van der Waals surface area contributed by atoms with Crippen LogP contribution in [-0.2, 0) is 6.42 Å². The van der Waals surface area contributed by atoms with Gasteiger partial charge in [-0.3, -0.25) is 0 Å². The van der Waals surface area contributed by atoms with E-state index >= 15 is 0 Å². The monoisotopic (exact) mass is 237 g/mol. The molecule has 1 heterocycles. The Morgan fingerprint density at radius 3 is 2.69 bits per heavy atom. The molecule has 1 aromatic carbocycles. The summed E-state index contributed by atoms with van der Waals surface area (Å²) < 4.78 is 17.6. The molecule has 0 unspecified atom stereocenters. The van der Waals surface area contributed by atoms with Crippen molar-refractivity contribution in [1.82, 2.24) is 10.1 Å². The van der Waals surface area contributed by atoms with E-state index in [1.54, 1.807) is 12.1 Å². The maximum atomic E-state index is 12.7. The third-order valence-corrected chi connectivity index (χ3v) is 2.04. The largest absolute Gasteiger partial charge is 0.393 e. The van der Waals surface area contributed by atoms with Gasteiger partial charge in [0.1, 0.15) is 5.82 Å². The fraction of sp³-hybridized carbons (Fsp3) is 0.100. The smallest absolute Gasteiger partial charge is 0.233 e. The van der Waals surface area contributed by atoms with Crippen LogP contribution in [0.5, 0.6) is 0 Å². The van der Waals surface area contributed by atoms with Gasteiger partial charge in [0.05, 0.1) is 11.4 Å². The van der Waals surface area contributed by atoms with Crippen molar-refractivity contribution in [2.45, 2.75) is 6.42 Å². The van der Waals surface area contributed by atoms with Crippen LogP contribution in [0.4, 0.5) is 4.39 Å². The summed E-state index contributed by atoms with van der Waals surface area (Å²) in [6, 6.07) is 5.81. The molecule has 1 aromatic heterocycles. The molecule has 0 aliphatic carbocycles. The zero-order valence-corrected chi connectivity index (χ0v) is 9.00. The molecule has 16 heavy (non-hydrogen) atoms. The van der Waals surface area contributed by atoms with Gasteiger partial charge < -0.3 is 10.3 Å². The molecule has 0 fully saturated rings. The zero-order chi connectivity index (χ0) is 11.5. The van der Waals surface area contributed by atoms with Gasteiger partial charge in [0, 0.05) is 5.56 Å². The van der Waals surface area contributed by atoms with Crippen molar-refractivity contribution in [2.24, 2.45) is 5.73 Å². The summed E-state index contributed by atoms with van der Waals surface area (Å²) in [7, 11) is 0. The molecule has 0 aliphatic rings. The summed E-state index contributed by atoms with van der Waals surface area (Å²) in [6.45, 7) is 0. The highest BCUT2D eigenvalue weighted by Gasteiger charge is 2.09. The molecule has 0 atom stereocenters. The van der Waals surface area contributed by atoms with E-state index in [-0.39, 0.29) is 17.2 Å². The van der Waals surface area contributed by atoms with Crippen molar-refractivity contribution in [1.29, 1.82) is 0 Å². The molecule has 2 N–H and O–H groups in total. The third kappa shape index (κ3) is 2.40. The molecular weight excluding hydrogens is 229 g/mol. The summed E-state index contributed by atoms with van der Waals surface area (Å²) in [5.74, 6) is 0.439. The topological polar surface area (TPSA) is 64.9 Å². The van der Waals surface area contributed by atoms with E-state index in [1.807, 2.05) is 0 Å². The Labute approximate surface area is 96.3 Å². The Balaban J connectivity index is 2.24. The van der Waals surface area contributed by atoms with Crippen LogP contribution in [0.15, 0.2) is 28.8 Å². The molecule has 6 heteroatoms. The molecule has 4 nitrogen and oxygen atoms in total. The second-order valence-corrected chi connectivity index (χ2v) is 3.69. The van der Waals surface area contributed by atoms with Crippen LogP contribution in [0.2, 0.25) is 0 Å². The van der Waals surface area contributed by atoms with E-state index in [9.17, 15) is 4.39 Å². The fourth-order valence-electron chi connectivity index (χ4n) is 1.19. The number of halogens is 1. The Hall–Kier alpha value is -1.82. The average Bonchev–Trinajstić information content (AvgIpc) is 2.66. The molecule has 0 aliphatic heterocycles. The Morgan fingerprint density at radius 2 is 2.06 bits per heavy atom. The van der Waals surface area contributed by atoms with Gasteiger partial charge in [-0.1, -0.05) is 17.4 Å². The van der Waals surface area contributed by atoms with Gasteiger partial charge in [-0.15, -0.1) is 0 Å². The van der Waals surface area contributed by atoms with Crippen molar-refractivity contribution in [2.75, 3.05) is 0 Å². The van der Waals surface area contributed by atoms with Crippen LogP contribution in [0.3, 0.4) is 0 Å². The summed E-state index contributed by atoms with van der Waals surface area (Å²) in [5.41, 5.74) is 6.03. The standard InChI is InChI=1S/C10H8FN3OS/c11-7-3-1-6(2-4-7)10-13-9(15-14-10)5-8(12)16/h1-4H,5H2,(H2,12,16). The second kappa shape index (κ2) is 4.36. The summed E-state index contributed by atoms with van der Waals surface area (Å²) in [4.78, 5) is 4.37. The molecule has 0 saturated heterocycles. The first-order valence-electron chi connectivity index (χ1n) is 4.52. The number of hydrogen-bond donors (Lipinski definition) is 1. The van der Waals surface area contributed by atoms with E-state index < -0.39 is 0 Å². The lowest BCUT2D eigenvalue weighted by molar-refractivity contribution is 0.389. The van der Waals surface area contributed by atoms with Crippen molar-refractivity contribution in [3.63, 3.8) is 0 Å². The van der Waals surface area contributed by atoms with Crippen LogP contribution >= 0.6 is 12.2 Å². The lowest BCUT2D eigenvalue weighted by Crippen LogP contribution is -2.11. The van der Waals surface area contributed by atoms with Crippen molar-refractivity contribution in [3.8, 4) is 11.4 Å². The van der Waals surface area contributed by atoms with Crippen LogP contribution in [0.1, 0.15) is 5.89 Å². The van der Waals surface area contributed by atoms with Crippen molar-refractivity contribution < 1.29 is 8.91 Å². The Bertz CT molecular complexity index is 509. The molecule has 2 aromatic rings. The number of nitrogens with two attached hydrogens (primary N) is 1. The number of rotatable bonds is 3. The van der Waals surface area contributed by atoms with Gasteiger partial charge in [-0.2, -0.15) is 4.98 Å². The van der Waals surface area contributed by atoms with E-state index in [1.165, 1.54) is 12.1 Å². The first-order chi connectivity index (χ1) is 7.65. The van der Waals surface area contributed by atoms with E-state index in [4.69, 9.17) is 22.5 Å². The molecule has 82 valence electrons. The van der Waals surface area contributed by atoms with Gasteiger partial charge in [-0.05, 0) is 24.3 Å². The molecule has 0 bridgehead atoms. The first kappa shape index (κ1) is 10.7. The van der Waals surface area contributed by atoms with Gasteiger partial charge in [0.2, 0.25) is 11.7 Å². The maximum Gasteiger partial charge on any atom is 0.233 e. The number of hydrogen-bond acceptors (Lipinski definition) is 4. The fourth-order valence-corrected chi connectivity index (χ4v) is 1.32. The van der Waals surface area contributed by atoms with Gasteiger partial charge in [0.25, 0.3) is 0 Å². The summed E-state index contributed by atoms with van der Waals surface area (Å²) in [5, 5.41) is 3.75. The van der Waals surface area contributed by atoms with Crippen molar-refractivity contribution >= 4 is 17.2 Å².